The van der Waals surface area contributed by atoms with Crippen molar-refractivity contribution in [1.82, 2.24) is 10.6 Å². The molecule has 5 nitrogen and oxygen atoms in total. The average Bonchev–Trinajstić information content (AvgIpc) is 2.76. The molecule has 0 bridgehead atoms. The van der Waals surface area contributed by atoms with E-state index < -0.39 is 13.8 Å². The molecule has 0 aromatic heterocycles. The predicted molar refractivity (Wildman–Crippen MR) is 123 cm³/mol. The Kier molecular flexibility index (Phi) is 8.48. The molecule has 166 valence electrons. The second kappa shape index (κ2) is 10.0. The molecule has 1 heterocycles. The molecule has 1 aliphatic heterocycles. The first kappa shape index (κ1) is 24.5. The largest absolute Gasteiger partial charge is 0.396 e. The molecule has 1 fully saturated rings. The summed E-state index contributed by atoms with van der Waals surface area (Å²) in [5.74, 6) is 0. The van der Waals surface area contributed by atoms with Crippen molar-refractivity contribution < 1.29 is 13.6 Å². The highest BCUT2D eigenvalue weighted by atomic mass is 28.4. The summed E-state index contributed by atoms with van der Waals surface area (Å²) in [6, 6.07) is 1.14. The molecule has 4 atom stereocenters. The van der Waals surface area contributed by atoms with Gasteiger partial charge in [0, 0.05) is 32.8 Å². The Hall–Kier alpha value is -0.763. The normalized spacial score (nSPS) is 36.3. The van der Waals surface area contributed by atoms with Gasteiger partial charge in [0.05, 0.1) is 5.54 Å². The fourth-order valence-corrected chi connectivity index (χ4v) is 10.4. The van der Waals surface area contributed by atoms with Gasteiger partial charge in [-0.25, -0.2) is 0 Å². The molecule has 29 heavy (non-hydrogen) atoms. The molecule has 0 aromatic carbocycles. The summed E-state index contributed by atoms with van der Waals surface area (Å²) >= 11 is 0. The van der Waals surface area contributed by atoms with Gasteiger partial charge in [0.1, 0.15) is 5.22 Å². The summed E-state index contributed by atoms with van der Waals surface area (Å²) < 4.78 is 19.2. The van der Waals surface area contributed by atoms with Gasteiger partial charge < -0.3 is 24.2 Å². The number of likely N-dealkylation sites (N-methyl/N-ethyl adjacent to an activating group) is 2. The van der Waals surface area contributed by atoms with E-state index in [1.54, 1.807) is 0 Å². The highest BCUT2D eigenvalue weighted by molar-refractivity contribution is 6.71. The number of nitrogens with one attached hydrogen (secondary N) is 2. The third-order valence-corrected chi connectivity index (χ3v) is 11.7. The smallest absolute Gasteiger partial charge is 0.372 e. The second-order valence-corrected chi connectivity index (χ2v) is 12.1. The number of hydrogen-bond acceptors (Lipinski definition) is 5. The quantitative estimate of drug-likeness (QED) is 0.391. The molecule has 0 amide bonds. The van der Waals surface area contributed by atoms with Gasteiger partial charge in [-0.1, -0.05) is 50.6 Å². The van der Waals surface area contributed by atoms with Crippen LogP contribution in [0.25, 0.3) is 0 Å². The Morgan fingerprint density at radius 2 is 1.93 bits per heavy atom. The Balaban J connectivity index is 2.76. The monoisotopic (exact) mass is 422 g/mol. The van der Waals surface area contributed by atoms with Crippen LogP contribution in [0, 0.1) is 5.41 Å². The number of hydrogen-bond donors (Lipinski definition) is 2. The summed E-state index contributed by atoms with van der Waals surface area (Å²) in [6.45, 7) is 9.48. The van der Waals surface area contributed by atoms with E-state index in [1.807, 2.05) is 21.3 Å². The van der Waals surface area contributed by atoms with Gasteiger partial charge in [-0.15, -0.1) is 6.58 Å². The molecule has 2 aliphatic rings. The average molecular weight is 423 g/mol. The number of ether oxygens (including phenoxy) is 1. The molecule has 0 aromatic rings. The predicted octanol–water partition coefficient (Wildman–Crippen LogP) is 3.86. The molecule has 2 N–H and O–H groups in total. The molecule has 4 unspecified atom stereocenters. The first-order chi connectivity index (χ1) is 13.9. The first-order valence-corrected chi connectivity index (χ1v) is 13.0. The van der Waals surface area contributed by atoms with Crippen LogP contribution in [0.5, 0.6) is 0 Å². The van der Waals surface area contributed by atoms with E-state index >= 15 is 0 Å². The van der Waals surface area contributed by atoms with Crippen molar-refractivity contribution in [3.8, 4) is 0 Å². The van der Waals surface area contributed by atoms with Crippen LogP contribution in [0.2, 0.25) is 6.04 Å². The van der Waals surface area contributed by atoms with Crippen molar-refractivity contribution in [1.29, 1.82) is 0 Å². The highest BCUT2D eigenvalue weighted by Crippen LogP contribution is 2.54. The van der Waals surface area contributed by atoms with Gasteiger partial charge >= 0.3 is 8.56 Å². The molecular formula is C23H42N2O3Si. The summed E-state index contributed by atoms with van der Waals surface area (Å²) in [5.41, 5.74) is -0.496. The van der Waals surface area contributed by atoms with Crippen molar-refractivity contribution in [2.75, 3.05) is 34.9 Å². The van der Waals surface area contributed by atoms with Gasteiger partial charge in [-0.3, -0.25) is 0 Å². The van der Waals surface area contributed by atoms with Crippen molar-refractivity contribution in [2.45, 2.75) is 68.8 Å². The summed E-state index contributed by atoms with van der Waals surface area (Å²) in [6.07, 6.45) is 15.6. The molecule has 6 heteroatoms. The Morgan fingerprint density at radius 3 is 2.38 bits per heavy atom. The Labute approximate surface area is 179 Å². The van der Waals surface area contributed by atoms with Crippen LogP contribution in [0.3, 0.4) is 0 Å². The molecule has 0 spiro atoms. The molecule has 0 radical (unpaired) electrons. The first-order valence-electron chi connectivity index (χ1n) is 11.0. The number of rotatable bonds is 11. The van der Waals surface area contributed by atoms with E-state index in [-0.39, 0.29) is 17.0 Å². The van der Waals surface area contributed by atoms with Crippen LogP contribution in [-0.2, 0) is 13.6 Å². The minimum absolute atomic E-state index is 0.136. The molecule has 1 aliphatic carbocycles. The minimum Gasteiger partial charge on any atom is -0.396 e. The molecular weight excluding hydrogens is 380 g/mol. The zero-order valence-corrected chi connectivity index (χ0v) is 20.3. The van der Waals surface area contributed by atoms with Crippen LogP contribution in [0.4, 0.5) is 0 Å². The molecule has 1 saturated heterocycles. The minimum atomic E-state index is -2.69. The Morgan fingerprint density at radius 1 is 1.21 bits per heavy atom. The van der Waals surface area contributed by atoms with Crippen molar-refractivity contribution in [3.05, 3.63) is 37.0 Å². The fourth-order valence-electron chi connectivity index (χ4n) is 6.08. The zero-order chi connectivity index (χ0) is 21.6. The van der Waals surface area contributed by atoms with Gasteiger partial charge in [-0.05, 0) is 45.3 Å². The van der Waals surface area contributed by atoms with Gasteiger partial charge in [0.2, 0.25) is 0 Å². The third kappa shape index (κ3) is 3.84. The zero-order valence-electron chi connectivity index (χ0n) is 19.3. The van der Waals surface area contributed by atoms with E-state index in [9.17, 15) is 0 Å². The summed E-state index contributed by atoms with van der Waals surface area (Å²) in [4.78, 5) is 0. The van der Waals surface area contributed by atoms with Crippen LogP contribution in [0.1, 0.15) is 46.0 Å². The van der Waals surface area contributed by atoms with Crippen LogP contribution < -0.4 is 10.6 Å². The fraction of sp³-hybridized carbons (Fsp3) is 0.739. The van der Waals surface area contributed by atoms with E-state index in [0.29, 0.717) is 0 Å². The van der Waals surface area contributed by atoms with E-state index in [2.05, 4.69) is 68.5 Å². The van der Waals surface area contributed by atoms with Crippen LogP contribution in [0.15, 0.2) is 37.0 Å². The maximum absolute atomic E-state index is 6.58. The van der Waals surface area contributed by atoms with Crippen molar-refractivity contribution in [3.63, 3.8) is 0 Å². The number of methoxy groups -OCH3 is 1. The van der Waals surface area contributed by atoms with Crippen molar-refractivity contribution in [2.24, 2.45) is 5.41 Å². The maximum Gasteiger partial charge on any atom is 0.372 e. The van der Waals surface area contributed by atoms with Gasteiger partial charge in [0.15, 0.2) is 0 Å². The lowest BCUT2D eigenvalue weighted by molar-refractivity contribution is -0.101. The van der Waals surface area contributed by atoms with E-state index in [4.69, 9.17) is 13.6 Å². The van der Waals surface area contributed by atoms with Gasteiger partial charge in [0.25, 0.3) is 0 Å². The van der Waals surface area contributed by atoms with Gasteiger partial charge in [-0.2, -0.15) is 0 Å². The SMILES string of the molecule is C=CC1(CC2(NCC)C(NC)CC[Si](OC)(OC)C2(CCC)OC)C=CC=CC1. The second-order valence-electron chi connectivity index (χ2n) is 8.43. The highest BCUT2D eigenvalue weighted by Gasteiger charge is 2.72. The lowest BCUT2D eigenvalue weighted by Gasteiger charge is -2.64. The standard InChI is InChI=1S/C23H42N2O3Si/c1-8-15-23(26-5)22(25-10-3,19-21(9-2)16-12-11-13-17-21)20(24-4)14-18-29(23,27-6)28-7/h9,11-13,16,20,24-25H,2,8,10,14-15,17-19H2,1,3-7H3. The Bertz CT molecular complexity index is 607. The summed E-state index contributed by atoms with van der Waals surface area (Å²) in [7, 11) is 4.83. The van der Waals surface area contributed by atoms with E-state index in [0.717, 1.165) is 44.7 Å². The molecule has 2 rings (SSSR count). The van der Waals surface area contributed by atoms with E-state index in [1.165, 1.54) is 0 Å². The topological polar surface area (TPSA) is 51.8 Å². The maximum atomic E-state index is 6.58. The van der Waals surface area contributed by atoms with Crippen LogP contribution in [-0.4, -0.2) is 60.3 Å². The molecule has 0 saturated carbocycles. The number of allylic oxidation sites excluding steroid dienone is 5. The van der Waals surface area contributed by atoms with Crippen LogP contribution >= 0.6 is 0 Å². The summed E-state index contributed by atoms with van der Waals surface area (Å²) in [5, 5.41) is 7.04. The van der Waals surface area contributed by atoms with Crippen molar-refractivity contribution >= 4 is 8.56 Å². The third-order valence-electron chi connectivity index (χ3n) is 7.33. The lowest BCUT2D eigenvalue weighted by atomic mass is 9.65. The lowest BCUT2D eigenvalue weighted by Crippen LogP contribution is -2.85.